The van der Waals surface area contributed by atoms with Gasteiger partial charge in [0.15, 0.2) is 0 Å². The van der Waals surface area contributed by atoms with Crippen molar-refractivity contribution in [2.75, 3.05) is 4.90 Å². The minimum atomic E-state index is -0.578. The Labute approximate surface area is 332 Å². The maximum Gasteiger partial charge on any atom is 0.137 e. The van der Waals surface area contributed by atoms with Crippen molar-refractivity contribution in [2.45, 2.75) is 5.41 Å². The summed E-state index contributed by atoms with van der Waals surface area (Å²) in [6.07, 6.45) is 0. The molecule has 1 unspecified atom stereocenters. The summed E-state index contributed by atoms with van der Waals surface area (Å²) < 4.78 is 6.47. The molecule has 1 heterocycles. The lowest BCUT2D eigenvalue weighted by atomic mass is 9.67. The SMILES string of the molecule is c1ccc(-c2ccc(N(c3cccc(C4(c5ccccc5)c5ccccc5-c5c(-c6ccccc6)cccc54)c3)c3cccc4oc5ccccc5c34)cc2)cc1. The summed E-state index contributed by atoms with van der Waals surface area (Å²) >= 11 is 0. The van der Waals surface area contributed by atoms with Crippen molar-refractivity contribution in [1.29, 1.82) is 0 Å². The van der Waals surface area contributed by atoms with E-state index in [1.807, 2.05) is 6.07 Å². The van der Waals surface area contributed by atoms with Gasteiger partial charge in [-0.3, -0.25) is 0 Å². The van der Waals surface area contributed by atoms with E-state index >= 15 is 0 Å². The summed E-state index contributed by atoms with van der Waals surface area (Å²) in [5.41, 5.74) is 16.8. The average Bonchev–Trinajstić information content (AvgIpc) is 3.82. The van der Waals surface area contributed by atoms with Crippen LogP contribution in [0.5, 0.6) is 0 Å². The highest BCUT2D eigenvalue weighted by Crippen LogP contribution is 2.59. The summed E-state index contributed by atoms with van der Waals surface area (Å²) in [6.45, 7) is 0. The Balaban J connectivity index is 1.18. The molecule has 1 atom stereocenters. The molecule has 0 bridgehead atoms. The van der Waals surface area contributed by atoms with Gasteiger partial charge in [0, 0.05) is 16.8 Å². The lowest BCUT2D eigenvalue weighted by molar-refractivity contribution is 0.669. The zero-order valence-corrected chi connectivity index (χ0v) is 31.2. The molecule has 0 aliphatic heterocycles. The van der Waals surface area contributed by atoms with Crippen LogP contribution in [0.2, 0.25) is 0 Å². The van der Waals surface area contributed by atoms with E-state index in [1.165, 1.54) is 55.6 Å². The van der Waals surface area contributed by atoms with Crippen LogP contribution in [-0.2, 0) is 5.41 Å². The molecule has 1 aliphatic carbocycles. The first-order valence-electron chi connectivity index (χ1n) is 19.6. The first kappa shape index (κ1) is 33.0. The fourth-order valence-corrected chi connectivity index (χ4v) is 9.34. The molecule has 268 valence electrons. The van der Waals surface area contributed by atoms with E-state index in [0.29, 0.717) is 0 Å². The van der Waals surface area contributed by atoms with E-state index in [-0.39, 0.29) is 0 Å². The van der Waals surface area contributed by atoms with Crippen molar-refractivity contribution in [1.82, 2.24) is 0 Å². The van der Waals surface area contributed by atoms with Gasteiger partial charge >= 0.3 is 0 Å². The molecule has 0 amide bonds. The van der Waals surface area contributed by atoms with Gasteiger partial charge in [0.1, 0.15) is 11.2 Å². The molecule has 57 heavy (non-hydrogen) atoms. The highest BCUT2D eigenvalue weighted by atomic mass is 16.3. The van der Waals surface area contributed by atoms with Gasteiger partial charge in [0.2, 0.25) is 0 Å². The molecular weight excluding hydrogens is 691 g/mol. The van der Waals surface area contributed by atoms with Crippen molar-refractivity contribution in [3.8, 4) is 33.4 Å². The number of hydrogen-bond acceptors (Lipinski definition) is 2. The number of anilines is 3. The molecule has 0 saturated heterocycles. The molecular formula is C55H37NO. The van der Waals surface area contributed by atoms with Crippen molar-refractivity contribution in [3.05, 3.63) is 247 Å². The Bertz CT molecular complexity index is 3060. The summed E-state index contributed by atoms with van der Waals surface area (Å²) in [5.74, 6) is 0. The van der Waals surface area contributed by atoms with Crippen LogP contribution < -0.4 is 4.90 Å². The zero-order chi connectivity index (χ0) is 37.8. The molecule has 9 aromatic carbocycles. The van der Waals surface area contributed by atoms with Gasteiger partial charge in [-0.1, -0.05) is 182 Å². The molecule has 0 spiro atoms. The number of hydrogen-bond donors (Lipinski definition) is 0. The monoisotopic (exact) mass is 727 g/mol. The van der Waals surface area contributed by atoms with Crippen LogP contribution >= 0.6 is 0 Å². The highest BCUT2D eigenvalue weighted by Gasteiger charge is 2.47. The fourth-order valence-electron chi connectivity index (χ4n) is 9.34. The Morgan fingerprint density at radius 3 is 1.75 bits per heavy atom. The maximum absolute atomic E-state index is 6.47. The lowest BCUT2D eigenvalue weighted by Gasteiger charge is -2.35. The van der Waals surface area contributed by atoms with Crippen LogP contribution in [0.4, 0.5) is 17.1 Å². The maximum atomic E-state index is 6.47. The summed E-state index contributed by atoms with van der Waals surface area (Å²) in [5, 5.41) is 2.19. The third-order valence-corrected chi connectivity index (χ3v) is 11.8. The average molecular weight is 728 g/mol. The van der Waals surface area contributed by atoms with E-state index in [9.17, 15) is 0 Å². The molecule has 2 heteroatoms. The Morgan fingerprint density at radius 2 is 0.947 bits per heavy atom. The van der Waals surface area contributed by atoms with Gasteiger partial charge in [-0.25, -0.2) is 0 Å². The van der Waals surface area contributed by atoms with E-state index in [2.05, 4.69) is 223 Å². The van der Waals surface area contributed by atoms with Crippen molar-refractivity contribution >= 4 is 39.0 Å². The van der Waals surface area contributed by atoms with E-state index < -0.39 is 5.41 Å². The van der Waals surface area contributed by atoms with Crippen LogP contribution in [0, 0.1) is 0 Å². The van der Waals surface area contributed by atoms with Crippen LogP contribution in [0.25, 0.3) is 55.3 Å². The van der Waals surface area contributed by atoms with Crippen molar-refractivity contribution in [3.63, 3.8) is 0 Å². The summed E-state index contributed by atoms with van der Waals surface area (Å²) in [7, 11) is 0. The van der Waals surface area contributed by atoms with Crippen molar-refractivity contribution < 1.29 is 4.42 Å². The predicted octanol–water partition coefficient (Wildman–Crippen LogP) is 14.8. The quantitative estimate of drug-likeness (QED) is 0.163. The third kappa shape index (κ3) is 5.18. The second kappa shape index (κ2) is 13.4. The van der Waals surface area contributed by atoms with E-state index in [1.54, 1.807) is 0 Å². The van der Waals surface area contributed by atoms with E-state index in [0.717, 1.165) is 39.0 Å². The topological polar surface area (TPSA) is 16.4 Å². The highest BCUT2D eigenvalue weighted by molar-refractivity contribution is 6.13. The van der Waals surface area contributed by atoms with Crippen molar-refractivity contribution in [2.24, 2.45) is 0 Å². The molecule has 1 aromatic heterocycles. The largest absolute Gasteiger partial charge is 0.456 e. The Hall–Kier alpha value is -7.42. The number of furan rings is 1. The standard InChI is InChI=1S/C55H37NO/c1-4-17-38(18-5-1)39-33-35-43(36-34-39)56(50-30-16-32-52-54(50)47-26-11-13-31-51(47)57-52)44-24-14-23-42(37-44)55(41-21-8-3-9-22-41)48-28-12-10-25-46(48)53-45(27-15-29-49(53)55)40-19-6-2-7-20-40/h1-37H. The van der Waals surface area contributed by atoms with Gasteiger partial charge in [-0.2, -0.15) is 0 Å². The Kier molecular flexibility index (Phi) is 7.75. The molecule has 0 fully saturated rings. The molecule has 11 rings (SSSR count). The van der Waals surface area contributed by atoms with Crippen LogP contribution in [-0.4, -0.2) is 0 Å². The van der Waals surface area contributed by atoms with Gasteiger partial charge < -0.3 is 9.32 Å². The lowest BCUT2D eigenvalue weighted by Crippen LogP contribution is -2.29. The minimum Gasteiger partial charge on any atom is -0.456 e. The van der Waals surface area contributed by atoms with Crippen LogP contribution in [0.3, 0.4) is 0 Å². The molecule has 10 aromatic rings. The Morgan fingerprint density at radius 1 is 0.368 bits per heavy atom. The number of para-hydroxylation sites is 1. The second-order valence-corrected chi connectivity index (χ2v) is 14.8. The summed E-state index contributed by atoms with van der Waals surface area (Å²) in [6, 6.07) is 81.3. The van der Waals surface area contributed by atoms with Gasteiger partial charge in [0.05, 0.1) is 16.5 Å². The predicted molar refractivity (Wildman–Crippen MR) is 237 cm³/mol. The van der Waals surface area contributed by atoms with Gasteiger partial charge in [-0.05, 0) is 98.1 Å². The smallest absolute Gasteiger partial charge is 0.137 e. The van der Waals surface area contributed by atoms with Crippen LogP contribution in [0.15, 0.2) is 229 Å². The molecule has 1 aliphatic rings. The van der Waals surface area contributed by atoms with E-state index in [4.69, 9.17) is 4.42 Å². The normalized spacial score (nSPS) is 14.4. The molecule has 0 N–H and O–H groups in total. The first-order chi connectivity index (χ1) is 28.3. The fraction of sp³-hybridized carbons (Fsp3) is 0.0182. The molecule has 0 radical (unpaired) electrons. The van der Waals surface area contributed by atoms with Crippen LogP contribution in [0.1, 0.15) is 22.3 Å². The number of fused-ring (bicyclic) bond motifs is 6. The molecule has 0 saturated carbocycles. The summed E-state index contributed by atoms with van der Waals surface area (Å²) in [4.78, 5) is 2.41. The van der Waals surface area contributed by atoms with Gasteiger partial charge in [-0.15, -0.1) is 0 Å². The number of rotatable bonds is 7. The number of nitrogens with zero attached hydrogens (tertiary/aromatic N) is 1. The second-order valence-electron chi connectivity index (χ2n) is 14.8. The third-order valence-electron chi connectivity index (χ3n) is 11.8. The number of benzene rings is 9. The van der Waals surface area contributed by atoms with Gasteiger partial charge in [0.25, 0.3) is 0 Å². The minimum absolute atomic E-state index is 0.578. The zero-order valence-electron chi connectivity index (χ0n) is 31.2. The molecule has 2 nitrogen and oxygen atoms in total. The first-order valence-corrected chi connectivity index (χ1v) is 19.6.